The number of fused-ring (bicyclic) bond motifs is 1. The maximum absolute atomic E-state index is 13.0. The van der Waals surface area contributed by atoms with Crippen molar-refractivity contribution in [2.24, 2.45) is 5.92 Å². The summed E-state index contributed by atoms with van der Waals surface area (Å²) >= 11 is 7.78. The van der Waals surface area contributed by atoms with E-state index in [4.69, 9.17) is 11.6 Å². The predicted molar refractivity (Wildman–Crippen MR) is 123 cm³/mol. The molecule has 0 bridgehead atoms. The number of rotatable bonds is 8. The molecule has 1 aliphatic carbocycles. The van der Waals surface area contributed by atoms with Crippen LogP contribution >= 0.6 is 22.9 Å². The van der Waals surface area contributed by atoms with Gasteiger partial charge in [-0.05, 0) is 30.9 Å². The van der Waals surface area contributed by atoms with E-state index in [9.17, 15) is 8.42 Å². The summed E-state index contributed by atoms with van der Waals surface area (Å²) in [4.78, 5) is 4.80. The minimum Gasteiger partial charge on any atom is -0.310 e. The summed E-state index contributed by atoms with van der Waals surface area (Å²) in [6.07, 6.45) is 10.9. The lowest BCUT2D eigenvalue weighted by molar-refractivity contribution is 0.305. The number of imidazole rings is 1. The molecule has 1 aliphatic rings. The van der Waals surface area contributed by atoms with Gasteiger partial charge in [0.1, 0.15) is 0 Å². The predicted octanol–water partition coefficient (Wildman–Crippen LogP) is 5.30. The minimum atomic E-state index is -3.83. The van der Waals surface area contributed by atoms with Gasteiger partial charge >= 0.3 is 0 Å². The Morgan fingerprint density at radius 2 is 2.10 bits per heavy atom. The Bertz CT molecular complexity index is 1100. The summed E-state index contributed by atoms with van der Waals surface area (Å²) in [6.45, 7) is 2.75. The lowest BCUT2D eigenvalue weighted by atomic mass is 9.85. The van der Waals surface area contributed by atoms with Gasteiger partial charge in [0.25, 0.3) is 10.0 Å². The molecule has 4 rings (SSSR count). The lowest BCUT2D eigenvalue weighted by Gasteiger charge is -2.25. The van der Waals surface area contributed by atoms with E-state index in [1.807, 2.05) is 12.1 Å². The van der Waals surface area contributed by atoms with Crippen molar-refractivity contribution < 1.29 is 8.42 Å². The van der Waals surface area contributed by atoms with E-state index in [1.165, 1.54) is 49.6 Å². The number of hydrogen-bond acceptors (Lipinski definition) is 5. The number of para-hydroxylation sites is 1. The molecule has 2 aromatic heterocycles. The molecule has 162 valence electrons. The molecule has 6 nitrogen and oxygen atoms in total. The van der Waals surface area contributed by atoms with Gasteiger partial charge in [-0.2, -0.15) is 8.42 Å². The second-order valence-corrected chi connectivity index (χ2v) is 11.0. The van der Waals surface area contributed by atoms with Gasteiger partial charge in [-0.1, -0.05) is 55.8 Å². The molecule has 1 atom stereocenters. The molecule has 1 saturated carbocycles. The van der Waals surface area contributed by atoms with Crippen molar-refractivity contribution in [3.63, 3.8) is 0 Å². The number of halogens is 1. The van der Waals surface area contributed by atoms with Crippen LogP contribution in [0.25, 0.3) is 4.96 Å². The first-order valence-electron chi connectivity index (χ1n) is 10.4. The van der Waals surface area contributed by atoms with Crippen LogP contribution in [-0.4, -0.2) is 23.8 Å². The first kappa shape index (κ1) is 21.6. The Kier molecular flexibility index (Phi) is 6.67. The van der Waals surface area contributed by atoms with E-state index in [0.717, 1.165) is 17.9 Å². The fourth-order valence-corrected chi connectivity index (χ4v) is 6.47. The van der Waals surface area contributed by atoms with Gasteiger partial charge in [0.15, 0.2) is 9.99 Å². The highest BCUT2D eigenvalue weighted by atomic mass is 35.5. The highest BCUT2D eigenvalue weighted by Crippen LogP contribution is 2.30. The second kappa shape index (κ2) is 9.26. The zero-order chi connectivity index (χ0) is 21.1. The number of aromatic nitrogens is 2. The van der Waals surface area contributed by atoms with Crippen LogP contribution in [0.5, 0.6) is 0 Å². The van der Waals surface area contributed by atoms with Crippen LogP contribution in [0.1, 0.15) is 51.0 Å². The summed E-state index contributed by atoms with van der Waals surface area (Å²) in [7, 11) is -3.83. The van der Waals surface area contributed by atoms with Gasteiger partial charge in [-0.15, -0.1) is 11.3 Å². The fraction of sp³-hybridized carbons (Fsp3) is 0.476. The lowest BCUT2D eigenvalue weighted by Crippen LogP contribution is -2.29. The molecule has 0 radical (unpaired) electrons. The summed E-state index contributed by atoms with van der Waals surface area (Å²) in [5.74, 6) is 0.786. The number of anilines is 1. The minimum absolute atomic E-state index is 0.100. The van der Waals surface area contributed by atoms with Gasteiger partial charge in [-0.25, -0.2) is 4.98 Å². The van der Waals surface area contributed by atoms with Crippen LogP contribution in [0.3, 0.4) is 0 Å². The van der Waals surface area contributed by atoms with E-state index < -0.39 is 10.0 Å². The zero-order valence-corrected chi connectivity index (χ0v) is 19.4. The van der Waals surface area contributed by atoms with Gasteiger partial charge in [0, 0.05) is 24.2 Å². The molecule has 3 aromatic rings. The first-order chi connectivity index (χ1) is 14.4. The highest BCUT2D eigenvalue weighted by Gasteiger charge is 2.23. The third kappa shape index (κ3) is 4.82. The maximum Gasteiger partial charge on any atom is 0.279 e. The van der Waals surface area contributed by atoms with Crippen LogP contribution in [0, 0.1) is 5.92 Å². The Labute approximate surface area is 186 Å². The molecule has 0 aliphatic heterocycles. The third-order valence-electron chi connectivity index (χ3n) is 5.78. The van der Waals surface area contributed by atoms with Crippen LogP contribution < -0.4 is 10.0 Å². The Balaban J connectivity index is 1.48. The van der Waals surface area contributed by atoms with Gasteiger partial charge in [0.2, 0.25) is 0 Å². The number of nitrogens with zero attached hydrogens (tertiary/aromatic N) is 2. The van der Waals surface area contributed by atoms with Crippen LogP contribution in [0.2, 0.25) is 5.02 Å². The van der Waals surface area contributed by atoms with Crippen LogP contribution in [0.15, 0.2) is 41.0 Å². The quantitative estimate of drug-likeness (QED) is 0.472. The van der Waals surface area contributed by atoms with Crippen molar-refractivity contribution in [1.29, 1.82) is 0 Å². The van der Waals surface area contributed by atoms with E-state index in [1.54, 1.807) is 22.0 Å². The SMILES string of the molecule is C[C@@H](CC1CCCCC1)NCc1cccc(Cl)c1NS(=O)(=O)c1cnc2sccn12. The van der Waals surface area contributed by atoms with Crippen molar-refractivity contribution in [3.05, 3.63) is 46.6 Å². The van der Waals surface area contributed by atoms with E-state index in [2.05, 4.69) is 21.9 Å². The maximum atomic E-state index is 13.0. The summed E-state index contributed by atoms with van der Waals surface area (Å²) in [5, 5.41) is 5.83. The molecule has 9 heteroatoms. The molecular formula is C21H27ClN4O2S2. The van der Waals surface area contributed by atoms with Crippen LogP contribution in [0.4, 0.5) is 5.69 Å². The molecule has 30 heavy (non-hydrogen) atoms. The molecule has 0 amide bonds. The van der Waals surface area contributed by atoms with Crippen LogP contribution in [-0.2, 0) is 16.6 Å². The number of benzene rings is 1. The Hall–Kier alpha value is -1.61. The van der Waals surface area contributed by atoms with E-state index in [0.29, 0.717) is 28.3 Å². The molecule has 1 aromatic carbocycles. The van der Waals surface area contributed by atoms with Gasteiger partial charge in [-0.3, -0.25) is 9.12 Å². The van der Waals surface area contributed by atoms with E-state index in [-0.39, 0.29) is 5.03 Å². The average Bonchev–Trinajstić information content (AvgIpc) is 3.33. The van der Waals surface area contributed by atoms with Gasteiger partial charge in [0.05, 0.1) is 16.9 Å². The average molecular weight is 467 g/mol. The van der Waals surface area contributed by atoms with Crippen molar-refractivity contribution in [3.8, 4) is 0 Å². The van der Waals surface area contributed by atoms with Crippen molar-refractivity contribution in [1.82, 2.24) is 14.7 Å². The zero-order valence-electron chi connectivity index (χ0n) is 17.0. The van der Waals surface area contributed by atoms with Crippen molar-refractivity contribution in [2.45, 2.75) is 63.1 Å². The third-order valence-corrected chi connectivity index (χ3v) is 8.19. The van der Waals surface area contributed by atoms with Crippen molar-refractivity contribution >= 4 is 43.6 Å². The largest absolute Gasteiger partial charge is 0.310 e. The van der Waals surface area contributed by atoms with Gasteiger partial charge < -0.3 is 5.32 Å². The fourth-order valence-electron chi connectivity index (χ4n) is 4.21. The smallest absolute Gasteiger partial charge is 0.279 e. The summed E-state index contributed by atoms with van der Waals surface area (Å²) < 4.78 is 30.3. The molecule has 0 unspecified atom stereocenters. The number of thiazole rings is 1. The molecule has 0 spiro atoms. The molecule has 1 fully saturated rings. The Morgan fingerprint density at radius 1 is 1.30 bits per heavy atom. The Morgan fingerprint density at radius 3 is 2.90 bits per heavy atom. The second-order valence-electron chi connectivity index (χ2n) is 8.05. The topological polar surface area (TPSA) is 75.5 Å². The first-order valence-corrected chi connectivity index (χ1v) is 13.1. The van der Waals surface area contributed by atoms with Crippen molar-refractivity contribution in [2.75, 3.05) is 4.72 Å². The summed E-state index contributed by atoms with van der Waals surface area (Å²) in [6, 6.07) is 5.81. The molecule has 2 heterocycles. The number of sulfonamides is 1. The molecule has 2 N–H and O–H groups in total. The van der Waals surface area contributed by atoms with E-state index >= 15 is 0 Å². The standard InChI is InChI=1S/C21H27ClN4O2S2/c1-15(12-16-6-3-2-4-7-16)23-13-17-8-5-9-18(22)20(17)25-30(27,28)19-14-24-21-26(19)10-11-29-21/h5,8-11,14-16,23,25H,2-4,6-7,12-13H2,1H3/t15-/m0/s1. The molecule has 0 saturated heterocycles. The number of hydrogen-bond donors (Lipinski definition) is 2. The highest BCUT2D eigenvalue weighted by molar-refractivity contribution is 7.92. The monoisotopic (exact) mass is 466 g/mol. The molecular weight excluding hydrogens is 440 g/mol. The number of nitrogens with one attached hydrogen (secondary N) is 2. The summed E-state index contributed by atoms with van der Waals surface area (Å²) in [5.41, 5.74) is 1.24. The normalized spacial score (nSPS) is 16.7.